The summed E-state index contributed by atoms with van der Waals surface area (Å²) in [5.74, 6) is -3.07. The van der Waals surface area contributed by atoms with Crippen LogP contribution in [-0.2, 0) is 10.2 Å². The zero-order valence-electron chi connectivity index (χ0n) is 24.9. The van der Waals surface area contributed by atoms with E-state index in [0.29, 0.717) is 12.4 Å². The number of aliphatic imine (C=N–C) groups is 1. The van der Waals surface area contributed by atoms with Gasteiger partial charge in [0.1, 0.15) is 30.4 Å². The first kappa shape index (κ1) is 28.6. The third-order valence-electron chi connectivity index (χ3n) is 10.4. The van der Waals surface area contributed by atoms with Gasteiger partial charge in [-0.25, -0.2) is 14.4 Å². The van der Waals surface area contributed by atoms with Crippen LogP contribution in [0.15, 0.2) is 23.2 Å². The molecule has 1 aromatic rings. The first-order valence-electron chi connectivity index (χ1n) is 15.3. The van der Waals surface area contributed by atoms with E-state index in [9.17, 15) is 24.6 Å². The van der Waals surface area contributed by atoms with Crippen molar-refractivity contribution in [1.82, 2.24) is 25.8 Å². The van der Waals surface area contributed by atoms with E-state index in [1.54, 1.807) is 17.0 Å². The molecule has 1 aromatic carbocycles. The highest BCUT2D eigenvalue weighted by molar-refractivity contribution is 6.02. The molecule has 9 N–H and O–H groups in total. The van der Waals surface area contributed by atoms with Gasteiger partial charge in [-0.1, -0.05) is 38.8 Å². The van der Waals surface area contributed by atoms with Crippen molar-refractivity contribution in [2.24, 2.45) is 16.5 Å². The largest absolute Gasteiger partial charge is 0.492 e. The molecule has 0 aromatic heterocycles. The van der Waals surface area contributed by atoms with E-state index in [-0.39, 0.29) is 60.5 Å². The highest BCUT2D eigenvalue weighted by Gasteiger charge is 2.75. The summed E-state index contributed by atoms with van der Waals surface area (Å²) in [7, 11) is 0. The number of rotatable bonds is 5. The quantitative estimate of drug-likeness (QED) is 0.111. The zero-order chi connectivity index (χ0) is 31.2. The summed E-state index contributed by atoms with van der Waals surface area (Å²) in [6.07, 6.45) is 4.56. The third-order valence-corrected chi connectivity index (χ3v) is 10.4. The lowest BCUT2D eigenvalue weighted by atomic mass is 9.79. The summed E-state index contributed by atoms with van der Waals surface area (Å²) in [6.45, 7) is 4.42. The number of imide groups is 1. The Morgan fingerprint density at radius 1 is 1.23 bits per heavy atom. The van der Waals surface area contributed by atoms with Crippen LogP contribution in [0.5, 0.6) is 5.75 Å². The highest BCUT2D eigenvalue weighted by Crippen LogP contribution is 2.43. The summed E-state index contributed by atoms with van der Waals surface area (Å²) in [4.78, 5) is 47.3. The lowest BCUT2D eigenvalue weighted by Gasteiger charge is -2.44. The van der Waals surface area contributed by atoms with Crippen LogP contribution in [-0.4, -0.2) is 116 Å². The van der Waals surface area contributed by atoms with Crippen molar-refractivity contribution in [2.45, 2.75) is 87.0 Å². The molecular formula is C29H40N9O6+. The van der Waals surface area contributed by atoms with Gasteiger partial charge in [0, 0.05) is 11.6 Å². The van der Waals surface area contributed by atoms with E-state index < -0.39 is 35.5 Å². The molecule has 6 aliphatic rings. The monoisotopic (exact) mass is 610 g/mol. The number of hydrogen-bond donors (Lipinski definition) is 7. The number of ether oxygens (including phenoxy) is 1. The Bertz CT molecular complexity index is 1500. The van der Waals surface area contributed by atoms with E-state index in [2.05, 4.69) is 34.8 Å². The van der Waals surface area contributed by atoms with Crippen LogP contribution in [0.25, 0.3) is 0 Å². The molecule has 1 unspecified atom stereocenters. The second kappa shape index (κ2) is 9.69. The number of fused-ring (bicyclic) bond motifs is 1. The molecule has 0 bridgehead atoms. The summed E-state index contributed by atoms with van der Waals surface area (Å²) in [5.41, 5.74) is 11.8. The molecule has 1 aliphatic carbocycles. The number of amides is 4. The lowest BCUT2D eigenvalue weighted by Crippen LogP contribution is -2.79. The molecule has 236 valence electrons. The van der Waals surface area contributed by atoms with Crippen LogP contribution >= 0.6 is 0 Å². The summed E-state index contributed by atoms with van der Waals surface area (Å²) in [6, 6.07) is 1.96. The topological polar surface area (TPSA) is 211 Å². The van der Waals surface area contributed by atoms with Crippen LogP contribution < -0.4 is 32.2 Å². The Morgan fingerprint density at radius 2 is 1.98 bits per heavy atom. The van der Waals surface area contributed by atoms with Crippen LogP contribution in [0, 0.1) is 0 Å². The van der Waals surface area contributed by atoms with Crippen LogP contribution in [0.3, 0.4) is 0 Å². The van der Waals surface area contributed by atoms with Crippen LogP contribution in [0.4, 0.5) is 4.79 Å². The minimum Gasteiger partial charge on any atom is -0.492 e. The normalized spacial score (nSPS) is 32.0. The fourth-order valence-corrected chi connectivity index (χ4v) is 7.93. The average molecular weight is 611 g/mol. The zero-order valence-corrected chi connectivity index (χ0v) is 24.9. The summed E-state index contributed by atoms with van der Waals surface area (Å²) in [5, 5.41) is 32.5. The number of urea groups is 1. The molecule has 5 heterocycles. The van der Waals surface area contributed by atoms with Crippen molar-refractivity contribution in [3.8, 4) is 5.75 Å². The minimum atomic E-state index is -2.65. The molecule has 1 saturated carbocycles. The first-order valence-corrected chi connectivity index (χ1v) is 15.3. The number of hydrogen-bond acceptors (Lipinski definition) is 11. The fraction of sp³-hybridized carbons (Fsp3) is 0.621. The highest BCUT2D eigenvalue weighted by atomic mass is 16.5. The van der Waals surface area contributed by atoms with Gasteiger partial charge in [0.15, 0.2) is 5.96 Å². The molecule has 5 aliphatic heterocycles. The van der Waals surface area contributed by atoms with E-state index in [1.165, 1.54) is 9.48 Å². The van der Waals surface area contributed by atoms with E-state index >= 15 is 0 Å². The molecule has 15 nitrogen and oxygen atoms in total. The van der Waals surface area contributed by atoms with Crippen molar-refractivity contribution >= 4 is 29.8 Å². The van der Waals surface area contributed by atoms with Gasteiger partial charge in [0.2, 0.25) is 17.4 Å². The van der Waals surface area contributed by atoms with Gasteiger partial charge < -0.3 is 36.2 Å². The van der Waals surface area contributed by atoms with Gasteiger partial charge >= 0.3 is 12.0 Å². The molecule has 4 amide bonds. The van der Waals surface area contributed by atoms with Crippen LogP contribution in [0.1, 0.15) is 61.9 Å². The maximum atomic E-state index is 13.7. The van der Waals surface area contributed by atoms with Crippen molar-refractivity contribution in [3.63, 3.8) is 0 Å². The number of nitrogens with zero attached hydrogens (tertiary/aromatic N) is 4. The summed E-state index contributed by atoms with van der Waals surface area (Å²) >= 11 is 0. The SMILES string of the molecule is CC1(C)CCOc2c(C(=O)NC3C[N+]4=C(N)N[C@@H](CN5C(=O)CN(C6CCCC6)C5=O)[C@@H]5N=C(N)N[C@@]54C3(O)O)cccc21. The molecule has 4 atom stereocenters. The molecular weight excluding hydrogens is 570 g/mol. The fourth-order valence-electron chi connectivity index (χ4n) is 7.93. The molecule has 2 saturated heterocycles. The maximum Gasteiger partial charge on any atom is 0.346 e. The second-order valence-electron chi connectivity index (χ2n) is 13.4. The predicted octanol–water partition coefficient (Wildman–Crippen LogP) is -1.97. The number of nitrogens with two attached hydrogens (primary N) is 2. The maximum absolute atomic E-state index is 13.7. The van der Waals surface area contributed by atoms with Gasteiger partial charge in [0.05, 0.1) is 25.3 Å². The molecule has 1 spiro atoms. The predicted molar refractivity (Wildman–Crippen MR) is 157 cm³/mol. The lowest BCUT2D eigenvalue weighted by molar-refractivity contribution is -0.623. The van der Waals surface area contributed by atoms with E-state index in [1.807, 2.05) is 6.07 Å². The van der Waals surface area contributed by atoms with Gasteiger partial charge in [-0.3, -0.25) is 25.5 Å². The Hall–Kier alpha value is -4.11. The number of carbonyl (C=O) groups excluding carboxylic acids is 3. The van der Waals surface area contributed by atoms with Gasteiger partial charge in [-0.2, -0.15) is 0 Å². The average Bonchev–Trinajstić information content (AvgIpc) is 3.72. The number of aliphatic hydroxyl groups is 2. The van der Waals surface area contributed by atoms with Crippen molar-refractivity contribution in [2.75, 3.05) is 26.2 Å². The Labute approximate surface area is 254 Å². The Morgan fingerprint density at radius 3 is 2.73 bits per heavy atom. The van der Waals surface area contributed by atoms with Crippen LogP contribution in [0.2, 0.25) is 0 Å². The second-order valence-corrected chi connectivity index (χ2v) is 13.4. The Balaban J connectivity index is 1.16. The summed E-state index contributed by atoms with van der Waals surface area (Å²) < 4.78 is 7.40. The van der Waals surface area contributed by atoms with Crippen molar-refractivity contribution in [3.05, 3.63) is 29.3 Å². The third kappa shape index (κ3) is 3.98. The van der Waals surface area contributed by atoms with Gasteiger partial charge in [-0.15, -0.1) is 0 Å². The molecule has 15 heteroatoms. The number of benzene rings is 1. The molecule has 3 fully saturated rings. The van der Waals surface area contributed by atoms with Gasteiger partial charge in [-0.05, 0) is 30.7 Å². The standard InChI is InChI=1S/C29H39N9O6/c1-27(2)10-11-44-21-16(8-5-9-17(21)27)23(40)33-19-13-38-25(31)32-18(22-28(38,29(19,42)43)35-24(30)34-22)12-37-20(39)14-36(26(37)41)15-6-3-4-7-15/h5,8-9,15,18-19,22,42-43H,3-4,6-7,10-14H2,1-2H3,(H6,30,31,32,33,34,35,40)/p+1/t18-,19?,22-,28-/m0/s1. The number of nitrogens with one attached hydrogen (secondary N) is 3. The first-order chi connectivity index (χ1) is 20.8. The van der Waals surface area contributed by atoms with E-state index in [0.717, 1.165) is 37.7 Å². The molecule has 7 rings (SSSR count). The minimum absolute atomic E-state index is 0.00311. The van der Waals surface area contributed by atoms with Gasteiger partial charge in [0.25, 0.3) is 5.91 Å². The number of carbonyl (C=O) groups is 3. The van der Waals surface area contributed by atoms with E-state index in [4.69, 9.17) is 16.2 Å². The Kier molecular flexibility index (Phi) is 6.31. The molecule has 44 heavy (non-hydrogen) atoms. The van der Waals surface area contributed by atoms with Crippen molar-refractivity contribution < 1.29 is 33.9 Å². The number of para-hydroxylation sites is 1. The number of guanidine groups is 2. The smallest absolute Gasteiger partial charge is 0.346 e. The van der Waals surface area contributed by atoms with Crippen molar-refractivity contribution in [1.29, 1.82) is 0 Å². The molecule has 0 radical (unpaired) electrons.